The van der Waals surface area contributed by atoms with Crippen molar-refractivity contribution < 1.29 is 4.79 Å². The van der Waals surface area contributed by atoms with Crippen molar-refractivity contribution in [3.63, 3.8) is 0 Å². The summed E-state index contributed by atoms with van der Waals surface area (Å²) in [5.41, 5.74) is 4.05. The molecule has 0 spiro atoms. The van der Waals surface area contributed by atoms with Crippen molar-refractivity contribution in [3.05, 3.63) is 59.1 Å². The van der Waals surface area contributed by atoms with Crippen LogP contribution in [0.4, 0.5) is 5.95 Å². The van der Waals surface area contributed by atoms with E-state index in [1.807, 2.05) is 67.5 Å². The summed E-state index contributed by atoms with van der Waals surface area (Å²) >= 11 is 6.09. The first-order valence-electron chi connectivity index (χ1n) is 10.5. The molecule has 1 aromatic carbocycles. The molecule has 1 atom stereocenters. The number of benzene rings is 1. The molecule has 1 aliphatic heterocycles. The molecule has 31 heavy (non-hydrogen) atoms. The van der Waals surface area contributed by atoms with Crippen LogP contribution < -0.4 is 4.90 Å². The Labute approximate surface area is 187 Å². The van der Waals surface area contributed by atoms with Crippen LogP contribution >= 0.6 is 11.6 Å². The summed E-state index contributed by atoms with van der Waals surface area (Å²) in [6, 6.07) is 7.74. The van der Waals surface area contributed by atoms with Gasteiger partial charge in [0.25, 0.3) is 0 Å². The molecule has 1 amide bonds. The van der Waals surface area contributed by atoms with Gasteiger partial charge in [0.05, 0.1) is 11.9 Å². The third-order valence-corrected chi connectivity index (χ3v) is 5.83. The number of carbonyl (C=O) groups excluding carboxylic acids is 1. The van der Waals surface area contributed by atoms with E-state index >= 15 is 0 Å². The van der Waals surface area contributed by atoms with Crippen LogP contribution in [0, 0.1) is 6.92 Å². The molecule has 8 heteroatoms. The number of piperidine rings is 1. The second-order valence-corrected chi connectivity index (χ2v) is 8.70. The van der Waals surface area contributed by atoms with Crippen molar-refractivity contribution in [2.24, 2.45) is 0 Å². The lowest BCUT2D eigenvalue weighted by molar-refractivity contribution is -0.133. The number of hydrogen-bond donors (Lipinski definition) is 0. The molecule has 0 saturated carbocycles. The molecule has 7 nitrogen and oxygen atoms in total. The maximum atomic E-state index is 12.9. The molecule has 4 rings (SSSR count). The SMILES string of the molecule is Cc1cnn(CC(=O)N2CCC[C@@H](c3nc(N(C)C)ncc3-c3ccc(Cl)cc3)C2)c1. The Balaban J connectivity index is 1.61. The number of likely N-dealkylation sites (tertiary alicyclic amines) is 1. The van der Waals surface area contributed by atoms with Gasteiger partial charge >= 0.3 is 0 Å². The van der Waals surface area contributed by atoms with Crippen LogP contribution in [0.3, 0.4) is 0 Å². The highest BCUT2D eigenvalue weighted by Crippen LogP contribution is 2.34. The number of halogens is 1. The first-order valence-corrected chi connectivity index (χ1v) is 10.9. The number of carbonyl (C=O) groups is 1. The van der Waals surface area contributed by atoms with Gasteiger partial charge < -0.3 is 9.80 Å². The zero-order chi connectivity index (χ0) is 22.0. The zero-order valence-corrected chi connectivity index (χ0v) is 18.9. The second kappa shape index (κ2) is 9.06. The van der Waals surface area contributed by atoms with Crippen LogP contribution in [-0.4, -0.2) is 57.7 Å². The van der Waals surface area contributed by atoms with E-state index in [-0.39, 0.29) is 18.4 Å². The van der Waals surface area contributed by atoms with Gasteiger partial charge in [-0.15, -0.1) is 0 Å². The third kappa shape index (κ3) is 4.88. The topological polar surface area (TPSA) is 67.2 Å². The Morgan fingerprint density at radius 2 is 2.00 bits per heavy atom. The molecule has 1 fully saturated rings. The molecule has 162 valence electrons. The maximum Gasteiger partial charge on any atom is 0.244 e. The summed E-state index contributed by atoms with van der Waals surface area (Å²) < 4.78 is 1.70. The van der Waals surface area contributed by atoms with Gasteiger partial charge in [0.1, 0.15) is 6.54 Å². The monoisotopic (exact) mass is 438 g/mol. The minimum Gasteiger partial charge on any atom is -0.347 e. The summed E-state index contributed by atoms with van der Waals surface area (Å²) in [5, 5.41) is 4.95. The average Bonchev–Trinajstić information content (AvgIpc) is 3.18. The van der Waals surface area contributed by atoms with E-state index in [1.54, 1.807) is 10.9 Å². The van der Waals surface area contributed by atoms with Crippen molar-refractivity contribution in [3.8, 4) is 11.1 Å². The first kappa shape index (κ1) is 21.3. The number of anilines is 1. The molecule has 0 bridgehead atoms. The summed E-state index contributed by atoms with van der Waals surface area (Å²) in [6.07, 6.45) is 7.47. The lowest BCUT2D eigenvalue weighted by atomic mass is 9.90. The number of rotatable bonds is 5. The van der Waals surface area contributed by atoms with Gasteiger partial charge in [-0.3, -0.25) is 9.48 Å². The quantitative estimate of drug-likeness (QED) is 0.606. The Bertz CT molecular complexity index is 1060. The molecule has 0 unspecified atom stereocenters. The molecule has 1 saturated heterocycles. The van der Waals surface area contributed by atoms with E-state index < -0.39 is 0 Å². The van der Waals surface area contributed by atoms with Crippen LogP contribution in [0.15, 0.2) is 42.9 Å². The summed E-state index contributed by atoms with van der Waals surface area (Å²) in [7, 11) is 3.87. The Morgan fingerprint density at radius 3 is 2.68 bits per heavy atom. The zero-order valence-electron chi connectivity index (χ0n) is 18.1. The minimum absolute atomic E-state index is 0.0859. The van der Waals surface area contributed by atoms with Gasteiger partial charge in [-0.25, -0.2) is 9.97 Å². The predicted molar refractivity (Wildman–Crippen MR) is 122 cm³/mol. The predicted octanol–water partition coefficient (Wildman–Crippen LogP) is 3.77. The Kier molecular flexibility index (Phi) is 6.23. The van der Waals surface area contributed by atoms with Crippen molar-refractivity contribution in [2.75, 3.05) is 32.1 Å². The molecule has 3 heterocycles. The summed E-state index contributed by atoms with van der Waals surface area (Å²) in [4.78, 5) is 26.2. The molecular formula is C23H27ClN6O. The van der Waals surface area contributed by atoms with Crippen LogP contribution in [-0.2, 0) is 11.3 Å². The first-order chi connectivity index (χ1) is 14.9. The normalized spacial score (nSPS) is 16.4. The van der Waals surface area contributed by atoms with Crippen LogP contribution in [0.2, 0.25) is 5.02 Å². The van der Waals surface area contributed by atoms with Crippen molar-refractivity contribution >= 4 is 23.5 Å². The second-order valence-electron chi connectivity index (χ2n) is 8.26. The fourth-order valence-electron chi connectivity index (χ4n) is 3.98. The number of hydrogen-bond acceptors (Lipinski definition) is 5. The highest BCUT2D eigenvalue weighted by atomic mass is 35.5. The smallest absolute Gasteiger partial charge is 0.244 e. The van der Waals surface area contributed by atoms with Gasteiger partial charge in [-0.2, -0.15) is 5.10 Å². The van der Waals surface area contributed by atoms with Gasteiger partial charge in [0.15, 0.2) is 0 Å². The van der Waals surface area contributed by atoms with E-state index in [9.17, 15) is 4.79 Å². The standard InChI is InChI=1S/C23H27ClN6O/c1-16-11-26-30(13-16)15-21(31)29-10-4-5-18(14-29)22-20(12-25-23(27-22)28(2)3)17-6-8-19(24)9-7-17/h6-9,11-13,18H,4-5,10,14-15H2,1-3H3/t18-/m1/s1. The number of nitrogens with zero attached hydrogens (tertiary/aromatic N) is 6. The highest BCUT2D eigenvalue weighted by Gasteiger charge is 2.28. The lowest BCUT2D eigenvalue weighted by Gasteiger charge is -2.33. The van der Waals surface area contributed by atoms with Crippen molar-refractivity contribution in [1.29, 1.82) is 0 Å². The molecule has 3 aromatic rings. The van der Waals surface area contributed by atoms with Crippen LogP contribution in [0.5, 0.6) is 0 Å². The molecular weight excluding hydrogens is 412 g/mol. The largest absolute Gasteiger partial charge is 0.347 e. The van der Waals surface area contributed by atoms with Gasteiger partial charge in [0.2, 0.25) is 11.9 Å². The summed E-state index contributed by atoms with van der Waals surface area (Å²) in [5.74, 6) is 0.898. The molecule has 2 aromatic heterocycles. The van der Waals surface area contributed by atoms with Crippen LogP contribution in [0.25, 0.3) is 11.1 Å². The van der Waals surface area contributed by atoms with E-state index in [4.69, 9.17) is 16.6 Å². The molecule has 0 aliphatic carbocycles. The average molecular weight is 439 g/mol. The minimum atomic E-state index is 0.0859. The highest BCUT2D eigenvalue weighted by molar-refractivity contribution is 6.30. The molecule has 0 radical (unpaired) electrons. The Hall–Kier alpha value is -2.93. The van der Waals surface area contributed by atoms with E-state index in [2.05, 4.69) is 10.1 Å². The maximum absolute atomic E-state index is 12.9. The fraction of sp³-hybridized carbons (Fsp3) is 0.391. The van der Waals surface area contributed by atoms with E-state index in [1.165, 1.54) is 0 Å². The van der Waals surface area contributed by atoms with Gasteiger partial charge in [-0.1, -0.05) is 23.7 Å². The lowest BCUT2D eigenvalue weighted by Crippen LogP contribution is -2.41. The van der Waals surface area contributed by atoms with Crippen molar-refractivity contribution in [2.45, 2.75) is 32.2 Å². The number of aryl methyl sites for hydroxylation is 1. The van der Waals surface area contributed by atoms with E-state index in [0.29, 0.717) is 17.5 Å². The van der Waals surface area contributed by atoms with E-state index in [0.717, 1.165) is 41.8 Å². The Morgan fingerprint density at radius 1 is 1.23 bits per heavy atom. The van der Waals surface area contributed by atoms with Gasteiger partial charge in [0, 0.05) is 56.1 Å². The van der Waals surface area contributed by atoms with Crippen LogP contribution in [0.1, 0.15) is 30.0 Å². The number of amides is 1. The third-order valence-electron chi connectivity index (χ3n) is 5.58. The van der Waals surface area contributed by atoms with Gasteiger partial charge in [-0.05, 0) is 43.0 Å². The summed E-state index contributed by atoms with van der Waals surface area (Å²) in [6.45, 7) is 3.64. The fourth-order valence-corrected chi connectivity index (χ4v) is 4.11. The molecule has 1 aliphatic rings. The molecule has 0 N–H and O–H groups in total. The number of aromatic nitrogens is 4. The van der Waals surface area contributed by atoms with Crippen molar-refractivity contribution in [1.82, 2.24) is 24.6 Å².